The van der Waals surface area contributed by atoms with E-state index in [0.717, 1.165) is 30.0 Å². The third kappa shape index (κ3) is 2.88. The van der Waals surface area contributed by atoms with Crippen molar-refractivity contribution in [1.29, 1.82) is 0 Å². The van der Waals surface area contributed by atoms with Crippen LogP contribution in [0.25, 0.3) is 11.2 Å². The maximum absolute atomic E-state index is 4.94. The first kappa shape index (κ1) is 14.5. The summed E-state index contributed by atoms with van der Waals surface area (Å²) < 4.78 is 2.40. The third-order valence-electron chi connectivity index (χ3n) is 4.93. The van der Waals surface area contributed by atoms with Gasteiger partial charge in [0.15, 0.2) is 5.65 Å². The molecule has 1 N–H and O–H groups in total. The molecule has 2 aliphatic heterocycles. The fourth-order valence-electron chi connectivity index (χ4n) is 3.71. The van der Waals surface area contributed by atoms with E-state index in [1.54, 1.807) is 0 Å². The van der Waals surface area contributed by atoms with Crippen LogP contribution in [-0.2, 0) is 6.42 Å². The van der Waals surface area contributed by atoms with Crippen molar-refractivity contribution in [3.63, 3.8) is 0 Å². The number of aromatic nitrogens is 3. The average molecular weight is 316 g/mol. The molecule has 2 aromatic heterocycles. The van der Waals surface area contributed by atoms with Crippen LogP contribution in [0.3, 0.4) is 0 Å². The summed E-state index contributed by atoms with van der Waals surface area (Å²) in [5.74, 6) is 4.65. The summed E-state index contributed by atoms with van der Waals surface area (Å²) in [5.41, 5.74) is 2.11. The van der Waals surface area contributed by atoms with E-state index in [0.29, 0.717) is 6.17 Å². The molecular weight excluding hydrogens is 292 g/mol. The van der Waals surface area contributed by atoms with Crippen LogP contribution in [0.15, 0.2) is 18.3 Å². The minimum Gasteiger partial charge on any atom is -0.297 e. The van der Waals surface area contributed by atoms with Gasteiger partial charge in [-0.05, 0) is 68.2 Å². The van der Waals surface area contributed by atoms with Crippen LogP contribution in [-0.4, -0.2) is 32.6 Å². The van der Waals surface area contributed by atoms with Crippen LogP contribution >= 0.6 is 11.8 Å². The normalized spacial score (nSPS) is 23.9. The molecule has 4 rings (SSSR count). The Labute approximate surface area is 136 Å². The van der Waals surface area contributed by atoms with Gasteiger partial charge in [0.05, 0.1) is 6.17 Å². The van der Waals surface area contributed by atoms with Gasteiger partial charge in [-0.15, -0.1) is 0 Å². The lowest BCUT2D eigenvalue weighted by Crippen LogP contribution is -2.33. The lowest BCUT2D eigenvalue weighted by molar-refractivity contribution is 0.313. The second-order valence-electron chi connectivity index (χ2n) is 6.47. The number of imidazole rings is 1. The van der Waals surface area contributed by atoms with E-state index in [2.05, 4.69) is 32.7 Å². The highest BCUT2D eigenvalue weighted by Crippen LogP contribution is 2.29. The summed E-state index contributed by atoms with van der Waals surface area (Å²) >= 11 is 2.09. The second kappa shape index (κ2) is 6.59. The Morgan fingerprint density at radius 2 is 2.14 bits per heavy atom. The molecule has 0 spiro atoms. The maximum atomic E-state index is 4.94. The lowest BCUT2D eigenvalue weighted by atomic mass is 9.98. The molecule has 118 valence electrons. The largest absolute Gasteiger partial charge is 0.297 e. The van der Waals surface area contributed by atoms with Gasteiger partial charge < -0.3 is 0 Å². The molecular formula is C17H24N4S. The van der Waals surface area contributed by atoms with Gasteiger partial charge in [0.2, 0.25) is 0 Å². The zero-order chi connectivity index (χ0) is 14.8. The first-order chi connectivity index (χ1) is 10.9. The molecule has 2 aliphatic rings. The van der Waals surface area contributed by atoms with Crippen molar-refractivity contribution in [2.45, 2.75) is 44.7 Å². The standard InChI is InChI=1S/C17H24N4S/c1-2-8-18-15(5-1)21-16(12-13-6-10-22-11-7-13)20-14-4-3-9-19-17(14)21/h3-4,9,13,15,18H,1-2,5-8,10-12H2. The number of rotatable bonds is 3. The molecule has 0 aromatic carbocycles. The summed E-state index contributed by atoms with van der Waals surface area (Å²) in [4.78, 5) is 9.56. The van der Waals surface area contributed by atoms with Crippen molar-refractivity contribution < 1.29 is 0 Å². The van der Waals surface area contributed by atoms with Crippen LogP contribution < -0.4 is 5.32 Å². The molecule has 4 nitrogen and oxygen atoms in total. The quantitative estimate of drug-likeness (QED) is 0.942. The SMILES string of the molecule is c1cnc2c(c1)nc(CC1CCSCC1)n2C1CCCCN1. The topological polar surface area (TPSA) is 42.7 Å². The van der Waals surface area contributed by atoms with Gasteiger partial charge in [-0.2, -0.15) is 11.8 Å². The molecule has 1 unspecified atom stereocenters. The van der Waals surface area contributed by atoms with Crippen LogP contribution in [0.4, 0.5) is 0 Å². The number of fused-ring (bicyclic) bond motifs is 1. The Bertz CT molecular complexity index is 627. The molecule has 4 heterocycles. The first-order valence-electron chi connectivity index (χ1n) is 8.55. The molecule has 5 heteroatoms. The molecule has 0 bridgehead atoms. The van der Waals surface area contributed by atoms with Gasteiger partial charge in [-0.3, -0.25) is 9.88 Å². The van der Waals surface area contributed by atoms with E-state index in [9.17, 15) is 0 Å². The summed E-state index contributed by atoms with van der Waals surface area (Å²) in [5, 5.41) is 3.67. The average Bonchev–Trinajstić information content (AvgIpc) is 2.94. The number of nitrogens with one attached hydrogen (secondary N) is 1. The minimum atomic E-state index is 0.376. The Balaban J connectivity index is 1.68. The Kier molecular flexibility index (Phi) is 4.35. The number of thioether (sulfide) groups is 1. The Morgan fingerprint density at radius 1 is 1.23 bits per heavy atom. The van der Waals surface area contributed by atoms with Gasteiger partial charge in [-0.25, -0.2) is 9.97 Å². The summed E-state index contributed by atoms with van der Waals surface area (Å²) in [6, 6.07) is 4.09. The van der Waals surface area contributed by atoms with Crippen molar-refractivity contribution in [1.82, 2.24) is 19.9 Å². The maximum Gasteiger partial charge on any atom is 0.161 e. The molecule has 0 saturated carbocycles. The molecule has 22 heavy (non-hydrogen) atoms. The van der Waals surface area contributed by atoms with Crippen LogP contribution in [0.2, 0.25) is 0 Å². The van der Waals surface area contributed by atoms with Crippen molar-refractivity contribution in [2.75, 3.05) is 18.1 Å². The Morgan fingerprint density at radius 3 is 2.95 bits per heavy atom. The number of hydrogen-bond acceptors (Lipinski definition) is 4. The minimum absolute atomic E-state index is 0.376. The molecule has 0 amide bonds. The molecule has 2 fully saturated rings. The van der Waals surface area contributed by atoms with Gasteiger partial charge in [-0.1, -0.05) is 0 Å². The number of nitrogens with zero attached hydrogens (tertiary/aromatic N) is 3. The summed E-state index contributed by atoms with van der Waals surface area (Å²) in [7, 11) is 0. The highest BCUT2D eigenvalue weighted by Gasteiger charge is 2.24. The van der Waals surface area contributed by atoms with Gasteiger partial charge in [0.1, 0.15) is 11.3 Å². The second-order valence-corrected chi connectivity index (χ2v) is 7.69. The summed E-state index contributed by atoms with van der Waals surface area (Å²) in [6.45, 7) is 1.11. The van der Waals surface area contributed by atoms with Crippen LogP contribution in [0, 0.1) is 5.92 Å². The van der Waals surface area contributed by atoms with Gasteiger partial charge in [0, 0.05) is 12.6 Å². The van der Waals surface area contributed by atoms with E-state index in [-0.39, 0.29) is 0 Å². The van der Waals surface area contributed by atoms with Crippen molar-refractivity contribution in [3.05, 3.63) is 24.2 Å². The fraction of sp³-hybridized carbons (Fsp3) is 0.647. The lowest BCUT2D eigenvalue weighted by Gasteiger charge is -2.28. The molecule has 2 aromatic rings. The Hall–Kier alpha value is -1.07. The van der Waals surface area contributed by atoms with Crippen molar-refractivity contribution >= 4 is 22.9 Å². The van der Waals surface area contributed by atoms with E-state index < -0.39 is 0 Å². The van der Waals surface area contributed by atoms with Crippen LogP contribution in [0.1, 0.15) is 44.1 Å². The van der Waals surface area contributed by atoms with E-state index in [1.165, 1.54) is 49.4 Å². The van der Waals surface area contributed by atoms with Gasteiger partial charge >= 0.3 is 0 Å². The smallest absolute Gasteiger partial charge is 0.161 e. The summed E-state index contributed by atoms with van der Waals surface area (Å²) in [6.07, 6.45) is 9.81. The highest BCUT2D eigenvalue weighted by molar-refractivity contribution is 7.99. The molecule has 1 atom stereocenters. The van der Waals surface area contributed by atoms with Crippen LogP contribution in [0.5, 0.6) is 0 Å². The number of piperidine rings is 1. The monoisotopic (exact) mass is 316 g/mol. The molecule has 0 radical (unpaired) electrons. The predicted molar refractivity (Wildman–Crippen MR) is 92.2 cm³/mol. The third-order valence-corrected chi connectivity index (χ3v) is 5.98. The van der Waals surface area contributed by atoms with E-state index in [4.69, 9.17) is 4.98 Å². The first-order valence-corrected chi connectivity index (χ1v) is 9.70. The molecule has 0 aliphatic carbocycles. The highest BCUT2D eigenvalue weighted by atomic mass is 32.2. The number of pyridine rings is 1. The molecule has 2 saturated heterocycles. The number of hydrogen-bond donors (Lipinski definition) is 1. The fourth-order valence-corrected chi connectivity index (χ4v) is 4.91. The van der Waals surface area contributed by atoms with Gasteiger partial charge in [0.25, 0.3) is 0 Å². The predicted octanol–water partition coefficient (Wildman–Crippen LogP) is 3.39. The van der Waals surface area contributed by atoms with Crippen molar-refractivity contribution in [3.8, 4) is 0 Å². The zero-order valence-corrected chi connectivity index (χ0v) is 13.8. The van der Waals surface area contributed by atoms with Crippen molar-refractivity contribution in [2.24, 2.45) is 5.92 Å². The zero-order valence-electron chi connectivity index (χ0n) is 13.0. The van der Waals surface area contributed by atoms with E-state index >= 15 is 0 Å². The van der Waals surface area contributed by atoms with E-state index in [1.807, 2.05) is 12.3 Å².